The van der Waals surface area contributed by atoms with Crippen molar-refractivity contribution < 1.29 is 40.5 Å². The molecule has 0 bridgehead atoms. The minimum Gasteiger partial charge on any atom is -1.00 e. The molecule has 42 valence electrons. The van der Waals surface area contributed by atoms with Gasteiger partial charge in [-0.05, 0) is 12.8 Å². The standard InChI is InChI=1S/C5H8O2.Na.H/c1-4(6)7-5-2-3-5;;/h5H,2-3H2,1H3;;/q;+1;-1. The summed E-state index contributed by atoms with van der Waals surface area (Å²) in [6.07, 6.45) is 2.41. The van der Waals surface area contributed by atoms with E-state index in [2.05, 4.69) is 0 Å². The number of ether oxygens (including phenoxy) is 1. The van der Waals surface area contributed by atoms with Crippen molar-refractivity contribution >= 4 is 5.97 Å². The van der Waals surface area contributed by atoms with Crippen LogP contribution in [0.5, 0.6) is 0 Å². The molecule has 0 aromatic heterocycles. The van der Waals surface area contributed by atoms with Gasteiger partial charge in [0.25, 0.3) is 0 Å². The molecule has 0 heterocycles. The van der Waals surface area contributed by atoms with E-state index in [-0.39, 0.29) is 43.1 Å². The van der Waals surface area contributed by atoms with Gasteiger partial charge in [-0.3, -0.25) is 4.79 Å². The van der Waals surface area contributed by atoms with Crippen molar-refractivity contribution in [1.82, 2.24) is 0 Å². The number of esters is 1. The van der Waals surface area contributed by atoms with Crippen LogP contribution in [-0.4, -0.2) is 12.1 Å². The number of hydrogen-bond donors (Lipinski definition) is 0. The van der Waals surface area contributed by atoms with Crippen molar-refractivity contribution in [3.8, 4) is 0 Å². The second-order valence-corrected chi connectivity index (χ2v) is 1.81. The molecule has 0 saturated heterocycles. The van der Waals surface area contributed by atoms with Crippen LogP contribution in [0.4, 0.5) is 0 Å². The predicted molar refractivity (Wildman–Crippen MR) is 25.9 cm³/mol. The van der Waals surface area contributed by atoms with Gasteiger partial charge in [0, 0.05) is 6.92 Å². The van der Waals surface area contributed by atoms with Crippen LogP contribution in [0.15, 0.2) is 0 Å². The molecule has 0 atom stereocenters. The summed E-state index contributed by atoms with van der Waals surface area (Å²) in [6, 6.07) is 0. The topological polar surface area (TPSA) is 26.3 Å². The van der Waals surface area contributed by atoms with Crippen molar-refractivity contribution in [2.45, 2.75) is 25.9 Å². The summed E-state index contributed by atoms with van der Waals surface area (Å²) in [4.78, 5) is 10.1. The van der Waals surface area contributed by atoms with Crippen LogP contribution in [0.3, 0.4) is 0 Å². The Morgan fingerprint density at radius 1 is 1.75 bits per heavy atom. The zero-order valence-electron chi connectivity index (χ0n) is 6.31. The Morgan fingerprint density at radius 3 is 2.38 bits per heavy atom. The van der Waals surface area contributed by atoms with Crippen molar-refractivity contribution in [2.75, 3.05) is 0 Å². The minimum absolute atomic E-state index is 0. The molecule has 1 rings (SSSR count). The minimum atomic E-state index is -0.150. The largest absolute Gasteiger partial charge is 1.00 e. The van der Waals surface area contributed by atoms with Crippen LogP contribution in [0.25, 0.3) is 0 Å². The van der Waals surface area contributed by atoms with E-state index in [4.69, 9.17) is 4.74 Å². The van der Waals surface area contributed by atoms with Gasteiger partial charge in [-0.2, -0.15) is 0 Å². The molecule has 0 aromatic rings. The molecule has 3 heteroatoms. The molecule has 0 aromatic carbocycles. The van der Waals surface area contributed by atoms with E-state index in [1.807, 2.05) is 0 Å². The Balaban J connectivity index is 0. The van der Waals surface area contributed by atoms with E-state index in [9.17, 15) is 4.79 Å². The predicted octanol–water partition coefficient (Wildman–Crippen LogP) is -2.17. The monoisotopic (exact) mass is 124 g/mol. The maximum absolute atomic E-state index is 10.1. The summed E-state index contributed by atoms with van der Waals surface area (Å²) in [6.45, 7) is 1.44. The molecule has 0 unspecified atom stereocenters. The Hall–Kier alpha value is 0.470. The van der Waals surface area contributed by atoms with E-state index in [1.54, 1.807) is 0 Å². The maximum Gasteiger partial charge on any atom is 1.00 e. The summed E-state index contributed by atoms with van der Waals surface area (Å²) in [5.41, 5.74) is 0. The molecule has 1 fully saturated rings. The maximum atomic E-state index is 10.1. The zero-order valence-corrected chi connectivity index (χ0v) is 7.31. The average Bonchev–Trinajstić information content (AvgIpc) is 2.17. The van der Waals surface area contributed by atoms with E-state index in [0.29, 0.717) is 0 Å². The van der Waals surface area contributed by atoms with Crippen molar-refractivity contribution in [3.05, 3.63) is 0 Å². The quantitative estimate of drug-likeness (QED) is 0.294. The zero-order chi connectivity index (χ0) is 5.28. The van der Waals surface area contributed by atoms with Gasteiger partial charge in [0.1, 0.15) is 6.10 Å². The first-order valence-electron chi connectivity index (χ1n) is 2.46. The second kappa shape index (κ2) is 3.49. The fourth-order valence-electron chi connectivity index (χ4n) is 0.421. The van der Waals surface area contributed by atoms with E-state index in [1.165, 1.54) is 6.92 Å². The Bertz CT molecular complexity index is 93.0. The fraction of sp³-hybridized carbons (Fsp3) is 0.800. The number of hydrogen-bond acceptors (Lipinski definition) is 2. The number of carbonyl (C=O) groups excluding carboxylic acids is 1. The molecular formula is C5H9NaO2. The Morgan fingerprint density at radius 2 is 2.25 bits per heavy atom. The van der Waals surface area contributed by atoms with E-state index >= 15 is 0 Å². The summed E-state index contributed by atoms with van der Waals surface area (Å²) in [5.74, 6) is -0.150. The van der Waals surface area contributed by atoms with Gasteiger partial charge in [-0.25, -0.2) is 0 Å². The van der Waals surface area contributed by atoms with E-state index < -0.39 is 0 Å². The molecule has 2 nitrogen and oxygen atoms in total. The van der Waals surface area contributed by atoms with Gasteiger partial charge in [0.05, 0.1) is 0 Å². The fourth-order valence-corrected chi connectivity index (χ4v) is 0.421. The molecule has 0 N–H and O–H groups in total. The van der Waals surface area contributed by atoms with E-state index in [0.717, 1.165) is 12.8 Å². The summed E-state index contributed by atoms with van der Waals surface area (Å²) in [5, 5.41) is 0. The van der Waals surface area contributed by atoms with Gasteiger partial charge in [-0.15, -0.1) is 0 Å². The Kier molecular flexibility index (Phi) is 3.69. The molecule has 0 radical (unpaired) electrons. The van der Waals surface area contributed by atoms with Crippen molar-refractivity contribution in [2.24, 2.45) is 0 Å². The normalized spacial score (nSPS) is 16.6. The summed E-state index contributed by atoms with van der Waals surface area (Å²) in [7, 11) is 0. The number of rotatable bonds is 1. The Labute approximate surface area is 72.4 Å². The van der Waals surface area contributed by atoms with Crippen LogP contribution in [0.2, 0.25) is 0 Å². The third-order valence-electron chi connectivity index (χ3n) is 0.857. The molecule has 1 saturated carbocycles. The van der Waals surface area contributed by atoms with Crippen LogP contribution >= 0.6 is 0 Å². The first-order chi connectivity index (χ1) is 3.29. The SMILES string of the molecule is CC(=O)OC1CC1.[H-].[Na+]. The first kappa shape index (κ1) is 8.47. The molecular weight excluding hydrogens is 115 g/mol. The van der Waals surface area contributed by atoms with Crippen LogP contribution in [0, 0.1) is 0 Å². The molecule has 8 heavy (non-hydrogen) atoms. The van der Waals surface area contributed by atoms with Crippen LogP contribution in [-0.2, 0) is 9.53 Å². The van der Waals surface area contributed by atoms with Crippen LogP contribution in [0.1, 0.15) is 21.2 Å². The van der Waals surface area contributed by atoms with Crippen molar-refractivity contribution in [3.63, 3.8) is 0 Å². The molecule has 0 spiro atoms. The molecule has 0 aliphatic heterocycles. The molecule has 1 aliphatic carbocycles. The van der Waals surface area contributed by atoms with Gasteiger partial charge < -0.3 is 6.16 Å². The second-order valence-electron chi connectivity index (χ2n) is 1.81. The third-order valence-corrected chi connectivity index (χ3v) is 0.857. The third kappa shape index (κ3) is 3.47. The van der Waals surface area contributed by atoms with Crippen LogP contribution < -0.4 is 29.6 Å². The van der Waals surface area contributed by atoms with Gasteiger partial charge in [0.15, 0.2) is 0 Å². The average molecular weight is 124 g/mol. The summed E-state index contributed by atoms with van der Waals surface area (Å²) < 4.78 is 4.72. The van der Waals surface area contributed by atoms with Gasteiger partial charge in [0.2, 0.25) is 0 Å². The molecule has 0 amide bonds. The van der Waals surface area contributed by atoms with Gasteiger partial charge >= 0.3 is 35.5 Å². The van der Waals surface area contributed by atoms with Crippen molar-refractivity contribution in [1.29, 1.82) is 0 Å². The molecule has 1 aliphatic rings. The first-order valence-corrected chi connectivity index (χ1v) is 2.46. The van der Waals surface area contributed by atoms with Gasteiger partial charge in [-0.1, -0.05) is 0 Å². The number of carbonyl (C=O) groups is 1. The smallest absolute Gasteiger partial charge is 1.00 e. The summed E-state index contributed by atoms with van der Waals surface area (Å²) >= 11 is 0.